The molecule has 0 rings (SSSR count). The van der Waals surface area contributed by atoms with Gasteiger partial charge in [0.05, 0.1) is 26.9 Å². The van der Waals surface area contributed by atoms with Crippen LogP contribution in [0.1, 0.15) is 20.8 Å². The summed E-state index contributed by atoms with van der Waals surface area (Å²) in [6.07, 6.45) is 0. The molecular formula is C10H23NO4. The number of hydrogen-bond acceptors (Lipinski definition) is 5. The first-order valence-corrected chi connectivity index (χ1v) is 5.23. The molecule has 0 aromatic rings. The summed E-state index contributed by atoms with van der Waals surface area (Å²) in [5.74, 6) is 0. The maximum Gasteiger partial charge on any atom is 0.0974 e. The average Bonchev–Trinajstić information content (AvgIpc) is 2.25. The van der Waals surface area contributed by atoms with Crippen LogP contribution in [0.5, 0.6) is 0 Å². The van der Waals surface area contributed by atoms with Gasteiger partial charge in [-0.2, -0.15) is 0 Å². The van der Waals surface area contributed by atoms with Gasteiger partial charge in [0.1, 0.15) is 0 Å². The molecule has 0 saturated heterocycles. The van der Waals surface area contributed by atoms with Crippen LogP contribution in [0.2, 0.25) is 0 Å². The van der Waals surface area contributed by atoms with Crippen molar-refractivity contribution >= 4 is 0 Å². The Labute approximate surface area is 91.5 Å². The molecule has 0 aliphatic carbocycles. The first-order valence-electron chi connectivity index (χ1n) is 5.23. The highest BCUT2D eigenvalue weighted by molar-refractivity contribution is 4.78. The minimum atomic E-state index is -0.0115. The van der Waals surface area contributed by atoms with Crippen LogP contribution in [0.15, 0.2) is 0 Å². The van der Waals surface area contributed by atoms with Gasteiger partial charge < -0.3 is 10.2 Å². The molecule has 5 heteroatoms. The third kappa shape index (κ3) is 4.90. The summed E-state index contributed by atoms with van der Waals surface area (Å²) in [5.41, 5.74) is 0. The highest BCUT2D eigenvalue weighted by Crippen LogP contribution is 2.11. The van der Waals surface area contributed by atoms with Crippen LogP contribution in [-0.4, -0.2) is 60.2 Å². The number of hydrogen-bond donors (Lipinski definition) is 2. The Bertz CT molecular complexity index is 146. The van der Waals surface area contributed by atoms with E-state index in [1.54, 1.807) is 0 Å². The van der Waals surface area contributed by atoms with Crippen molar-refractivity contribution in [3.8, 4) is 0 Å². The van der Waals surface area contributed by atoms with Crippen molar-refractivity contribution in [3.63, 3.8) is 0 Å². The Kier molecular flexibility index (Phi) is 7.90. The van der Waals surface area contributed by atoms with Gasteiger partial charge in [-0.15, -0.1) is 0 Å². The molecule has 92 valence electrons. The zero-order valence-electron chi connectivity index (χ0n) is 10.0. The van der Waals surface area contributed by atoms with Crippen LogP contribution in [0.3, 0.4) is 0 Å². The molecule has 0 spiro atoms. The van der Waals surface area contributed by atoms with Crippen molar-refractivity contribution in [2.24, 2.45) is 0 Å². The fourth-order valence-electron chi connectivity index (χ4n) is 1.74. The molecule has 0 aromatic carbocycles. The van der Waals surface area contributed by atoms with E-state index in [-0.39, 0.29) is 31.3 Å². The van der Waals surface area contributed by atoms with E-state index in [0.717, 1.165) is 0 Å². The van der Waals surface area contributed by atoms with Gasteiger partial charge in [-0.3, -0.25) is 4.90 Å². The Morgan fingerprint density at radius 2 is 1.47 bits per heavy atom. The van der Waals surface area contributed by atoms with Gasteiger partial charge in [-0.1, -0.05) is 0 Å². The Balaban J connectivity index is 4.33. The monoisotopic (exact) mass is 221 g/mol. The number of rotatable bonds is 8. The zero-order chi connectivity index (χ0) is 11.8. The molecule has 2 N–H and O–H groups in total. The lowest BCUT2D eigenvalue weighted by Gasteiger charge is -2.37. The molecule has 0 fully saturated rings. The molecule has 0 aliphatic heterocycles. The van der Waals surface area contributed by atoms with Gasteiger partial charge in [0.25, 0.3) is 0 Å². The van der Waals surface area contributed by atoms with Gasteiger partial charge in [-0.25, -0.2) is 9.78 Å². The Morgan fingerprint density at radius 1 is 1.00 bits per heavy atom. The van der Waals surface area contributed by atoms with Gasteiger partial charge in [-0.05, 0) is 20.8 Å². The summed E-state index contributed by atoms with van der Waals surface area (Å²) in [6, 6.07) is 0.0551. The third-order valence-corrected chi connectivity index (χ3v) is 2.48. The number of aliphatic hydroxyl groups is 2. The predicted molar refractivity (Wildman–Crippen MR) is 57.4 cm³/mol. The lowest BCUT2D eigenvalue weighted by molar-refractivity contribution is -0.281. The molecule has 0 heterocycles. The minimum Gasteiger partial charge on any atom is -0.395 e. The normalized spacial score (nSPS) is 17.8. The average molecular weight is 221 g/mol. The molecule has 3 atom stereocenters. The molecule has 5 nitrogen and oxygen atoms in total. The van der Waals surface area contributed by atoms with E-state index in [4.69, 9.17) is 15.1 Å². The maximum atomic E-state index is 9.13. The summed E-state index contributed by atoms with van der Waals surface area (Å²) in [6.45, 7) is 6.32. The van der Waals surface area contributed by atoms with Crippen molar-refractivity contribution in [3.05, 3.63) is 0 Å². The van der Waals surface area contributed by atoms with Crippen molar-refractivity contribution < 1.29 is 20.0 Å². The Morgan fingerprint density at radius 3 is 1.80 bits per heavy atom. The largest absolute Gasteiger partial charge is 0.395 e. The second-order valence-corrected chi connectivity index (χ2v) is 3.81. The van der Waals surface area contributed by atoms with E-state index in [2.05, 4.69) is 4.89 Å². The summed E-state index contributed by atoms with van der Waals surface area (Å²) in [7, 11) is 1.46. The van der Waals surface area contributed by atoms with Crippen LogP contribution in [-0.2, 0) is 9.78 Å². The van der Waals surface area contributed by atoms with E-state index in [9.17, 15) is 0 Å². The van der Waals surface area contributed by atoms with E-state index < -0.39 is 0 Å². The molecule has 0 saturated carbocycles. The second kappa shape index (κ2) is 8.01. The minimum absolute atomic E-state index is 0.0115. The molecule has 0 aromatic heterocycles. The molecule has 0 amide bonds. The lowest BCUT2D eigenvalue weighted by Crippen LogP contribution is -2.50. The van der Waals surface area contributed by atoms with Crippen molar-refractivity contribution in [2.45, 2.75) is 38.9 Å². The fraction of sp³-hybridized carbons (Fsp3) is 1.00. The summed E-state index contributed by atoms with van der Waals surface area (Å²) in [5, 5.41) is 18.3. The van der Waals surface area contributed by atoms with Crippen LogP contribution in [0, 0.1) is 0 Å². The first-order chi connectivity index (χ1) is 7.08. The topological polar surface area (TPSA) is 62.2 Å². The van der Waals surface area contributed by atoms with Crippen molar-refractivity contribution in [1.82, 2.24) is 4.90 Å². The standard InChI is InChI=1S/C10H23NO4/c1-8(5-12)11(9(2)6-13)10(3)7-15-14-4/h8-10,12-13H,5-7H2,1-4H3. The molecular weight excluding hydrogens is 198 g/mol. The van der Waals surface area contributed by atoms with Gasteiger partial charge in [0, 0.05) is 18.1 Å². The van der Waals surface area contributed by atoms with Crippen molar-refractivity contribution in [1.29, 1.82) is 0 Å². The zero-order valence-corrected chi connectivity index (χ0v) is 10.0. The highest BCUT2D eigenvalue weighted by atomic mass is 17.2. The van der Waals surface area contributed by atoms with Gasteiger partial charge >= 0.3 is 0 Å². The molecule has 0 aliphatic rings. The summed E-state index contributed by atoms with van der Waals surface area (Å²) >= 11 is 0. The van der Waals surface area contributed by atoms with Crippen LogP contribution >= 0.6 is 0 Å². The second-order valence-electron chi connectivity index (χ2n) is 3.81. The van der Waals surface area contributed by atoms with Gasteiger partial charge in [0.15, 0.2) is 0 Å². The van der Waals surface area contributed by atoms with E-state index in [1.807, 2.05) is 25.7 Å². The van der Waals surface area contributed by atoms with Crippen molar-refractivity contribution in [2.75, 3.05) is 26.9 Å². The molecule has 0 bridgehead atoms. The number of nitrogens with zero attached hydrogens (tertiary/aromatic N) is 1. The van der Waals surface area contributed by atoms with Gasteiger partial charge in [0.2, 0.25) is 0 Å². The maximum absolute atomic E-state index is 9.13. The molecule has 0 radical (unpaired) electrons. The summed E-state index contributed by atoms with van der Waals surface area (Å²) < 4.78 is 0. The molecule has 15 heavy (non-hydrogen) atoms. The predicted octanol–water partition coefficient (Wildman–Crippen LogP) is 0.0165. The lowest BCUT2D eigenvalue weighted by atomic mass is 10.1. The van der Waals surface area contributed by atoms with E-state index in [0.29, 0.717) is 6.61 Å². The first kappa shape index (κ1) is 14.8. The third-order valence-electron chi connectivity index (χ3n) is 2.48. The van der Waals surface area contributed by atoms with Crippen LogP contribution in [0.25, 0.3) is 0 Å². The summed E-state index contributed by atoms with van der Waals surface area (Å²) in [4.78, 5) is 11.4. The molecule has 3 unspecified atom stereocenters. The Hall–Kier alpha value is -0.200. The smallest absolute Gasteiger partial charge is 0.0974 e. The quantitative estimate of drug-likeness (QED) is 0.447. The van der Waals surface area contributed by atoms with E-state index in [1.165, 1.54) is 7.11 Å². The highest BCUT2D eigenvalue weighted by Gasteiger charge is 2.24. The fourth-order valence-corrected chi connectivity index (χ4v) is 1.74. The number of aliphatic hydroxyl groups excluding tert-OH is 2. The van der Waals surface area contributed by atoms with Crippen LogP contribution < -0.4 is 0 Å². The van der Waals surface area contributed by atoms with E-state index >= 15 is 0 Å². The SMILES string of the molecule is COOCC(C)N(C(C)CO)C(C)CO. The van der Waals surface area contributed by atoms with Crippen LogP contribution in [0.4, 0.5) is 0 Å².